The lowest BCUT2D eigenvalue weighted by Crippen LogP contribution is -2.50. The van der Waals surface area contributed by atoms with Gasteiger partial charge in [-0.2, -0.15) is 0 Å². The first-order valence-corrected chi connectivity index (χ1v) is 19.3. The molecule has 0 bridgehead atoms. The van der Waals surface area contributed by atoms with Crippen molar-refractivity contribution in [1.29, 1.82) is 0 Å². The lowest BCUT2D eigenvalue weighted by molar-refractivity contribution is -0.00244. The summed E-state index contributed by atoms with van der Waals surface area (Å²) in [7, 11) is -0.479. The summed E-state index contributed by atoms with van der Waals surface area (Å²) >= 11 is 6.18. The molecule has 248 valence electrons. The zero-order valence-corrected chi connectivity index (χ0v) is 30.5. The van der Waals surface area contributed by atoms with Crippen molar-refractivity contribution in [1.82, 2.24) is 19.8 Å². The van der Waals surface area contributed by atoms with Crippen LogP contribution in [-0.4, -0.2) is 64.8 Å². The van der Waals surface area contributed by atoms with Crippen LogP contribution in [0.1, 0.15) is 87.5 Å². The van der Waals surface area contributed by atoms with Crippen LogP contribution in [0.25, 0.3) is 0 Å². The summed E-state index contributed by atoms with van der Waals surface area (Å²) in [6.07, 6.45) is 6.68. The van der Waals surface area contributed by atoms with Gasteiger partial charge in [-0.05, 0) is 93.6 Å². The molecular weight excluding hydrogens is 616 g/mol. The number of amides is 2. The Balaban J connectivity index is 1.60. The van der Waals surface area contributed by atoms with Gasteiger partial charge in [0.05, 0.1) is 12.1 Å². The van der Waals surface area contributed by atoms with Crippen LogP contribution >= 0.6 is 11.6 Å². The van der Waals surface area contributed by atoms with Crippen molar-refractivity contribution in [3.63, 3.8) is 0 Å². The van der Waals surface area contributed by atoms with E-state index >= 15 is 0 Å². The third-order valence-electron chi connectivity index (χ3n) is 8.97. The summed E-state index contributed by atoms with van der Waals surface area (Å²) in [5.74, 6) is -0.0612. The zero-order valence-electron chi connectivity index (χ0n) is 28.7. The minimum atomic E-state index is -2.27. The summed E-state index contributed by atoms with van der Waals surface area (Å²) in [6, 6.07) is 14.9. The third kappa shape index (κ3) is 8.95. The van der Waals surface area contributed by atoms with Crippen LogP contribution in [-0.2, 0) is 22.1 Å². The Morgan fingerprint density at radius 3 is 2.26 bits per heavy atom. The van der Waals surface area contributed by atoms with Crippen molar-refractivity contribution in [3.05, 3.63) is 94.5 Å². The SMILES string of the molecule is CN(Cc1cccnc1)C(=O)c1ccc(C[C@@H]2CC[C@H]([C@H](O[Si](C)(C)C(C)(C)C)c3ccc(Cl)nc3)N2C(=O)OC(C)(C)C)cc1. The quantitative estimate of drug-likeness (QED) is 0.169. The van der Waals surface area contributed by atoms with Crippen molar-refractivity contribution in [3.8, 4) is 0 Å². The number of carbonyl (C=O) groups excluding carboxylic acids is 2. The maximum absolute atomic E-state index is 14.0. The Kier molecular flexibility index (Phi) is 11.0. The van der Waals surface area contributed by atoms with Crippen molar-refractivity contribution < 1.29 is 18.8 Å². The van der Waals surface area contributed by atoms with Gasteiger partial charge in [0.2, 0.25) is 0 Å². The first-order valence-electron chi connectivity index (χ1n) is 16.0. The molecule has 1 aromatic carbocycles. The van der Waals surface area contributed by atoms with E-state index in [4.69, 9.17) is 20.8 Å². The standard InChI is InChI=1S/C36H49ClN4O4Si/c1-35(2,3)44-34(43)41-29(21-25-12-14-27(15-13-25)33(42)40(7)24-26-11-10-20-38-22-26)17-18-30(41)32(28-16-19-31(37)39-23-28)45-46(8,9)36(4,5)6/h10-16,19-20,22-23,29-30,32H,17-18,21,24H2,1-9H3/t29-,30+,32+/m0/s1. The summed E-state index contributed by atoms with van der Waals surface area (Å²) in [6.45, 7) is 17.2. The van der Waals surface area contributed by atoms with Crippen LogP contribution in [0.3, 0.4) is 0 Å². The Morgan fingerprint density at radius 1 is 1.00 bits per heavy atom. The molecule has 0 spiro atoms. The maximum atomic E-state index is 14.0. The van der Waals surface area contributed by atoms with Crippen LogP contribution < -0.4 is 0 Å². The Labute approximate surface area is 280 Å². The molecule has 1 saturated heterocycles. The highest BCUT2D eigenvalue weighted by atomic mass is 35.5. The first kappa shape index (κ1) is 35.6. The van der Waals surface area contributed by atoms with Gasteiger partial charge in [0.1, 0.15) is 10.8 Å². The molecule has 46 heavy (non-hydrogen) atoms. The molecule has 8 nitrogen and oxygen atoms in total. The van der Waals surface area contributed by atoms with E-state index in [0.29, 0.717) is 23.7 Å². The topological polar surface area (TPSA) is 84.9 Å². The van der Waals surface area contributed by atoms with Crippen LogP contribution in [0.5, 0.6) is 0 Å². The van der Waals surface area contributed by atoms with Crippen LogP contribution in [0.4, 0.5) is 4.79 Å². The van der Waals surface area contributed by atoms with Crippen LogP contribution in [0, 0.1) is 0 Å². The predicted octanol–water partition coefficient (Wildman–Crippen LogP) is 8.48. The fraction of sp³-hybridized carbons (Fsp3) is 0.500. The number of nitrogens with zero attached hydrogens (tertiary/aromatic N) is 4. The molecule has 1 aliphatic heterocycles. The monoisotopic (exact) mass is 664 g/mol. The Hall–Kier alpha value is -3.27. The second-order valence-electron chi connectivity index (χ2n) is 14.8. The molecule has 0 N–H and O–H groups in total. The number of likely N-dealkylation sites (tertiary alicyclic amines) is 1. The summed E-state index contributed by atoms with van der Waals surface area (Å²) in [4.78, 5) is 39.2. The van der Waals surface area contributed by atoms with Crippen molar-refractivity contribution in [2.75, 3.05) is 7.05 Å². The average Bonchev–Trinajstić information content (AvgIpc) is 3.39. The number of carbonyl (C=O) groups is 2. The number of aromatic nitrogens is 2. The zero-order chi connectivity index (χ0) is 33.9. The molecule has 3 heterocycles. The minimum Gasteiger partial charge on any atom is -0.444 e. The molecule has 0 unspecified atom stereocenters. The number of rotatable bonds is 9. The summed E-state index contributed by atoms with van der Waals surface area (Å²) < 4.78 is 13.1. The average molecular weight is 665 g/mol. The highest BCUT2D eigenvalue weighted by Gasteiger charge is 2.47. The molecule has 2 aromatic heterocycles. The van der Waals surface area contributed by atoms with E-state index in [1.165, 1.54) is 0 Å². The largest absolute Gasteiger partial charge is 0.444 e. The van der Waals surface area contributed by atoms with E-state index < -0.39 is 20.0 Å². The molecular formula is C36H49ClN4O4Si. The van der Waals surface area contributed by atoms with Gasteiger partial charge in [-0.15, -0.1) is 0 Å². The number of ether oxygens (including phenoxy) is 1. The number of hydrogen-bond acceptors (Lipinski definition) is 6. The molecule has 3 atom stereocenters. The Morgan fingerprint density at radius 2 is 1.70 bits per heavy atom. The molecule has 0 aliphatic carbocycles. The molecule has 0 saturated carbocycles. The molecule has 0 radical (unpaired) electrons. The molecule has 1 aliphatic rings. The number of pyridine rings is 2. The number of halogens is 1. The second-order valence-corrected chi connectivity index (χ2v) is 20.0. The second kappa shape index (κ2) is 14.2. The molecule has 1 fully saturated rings. The van der Waals surface area contributed by atoms with Crippen molar-refractivity contribution in [2.24, 2.45) is 0 Å². The van der Waals surface area contributed by atoms with E-state index in [-0.39, 0.29) is 29.1 Å². The highest BCUT2D eigenvalue weighted by Crippen LogP contribution is 2.44. The predicted molar refractivity (Wildman–Crippen MR) is 185 cm³/mol. The van der Waals surface area contributed by atoms with E-state index in [1.807, 2.05) is 68.1 Å². The fourth-order valence-electron chi connectivity index (χ4n) is 5.54. The van der Waals surface area contributed by atoms with E-state index in [0.717, 1.165) is 29.5 Å². The summed E-state index contributed by atoms with van der Waals surface area (Å²) in [5.41, 5.74) is 2.86. The number of hydrogen-bond donors (Lipinski definition) is 0. The molecule has 2 amide bonds. The molecule has 4 rings (SSSR count). The van der Waals surface area contributed by atoms with Gasteiger partial charge in [-0.25, -0.2) is 9.78 Å². The third-order valence-corrected chi connectivity index (χ3v) is 13.6. The highest BCUT2D eigenvalue weighted by molar-refractivity contribution is 6.74. The van der Waals surface area contributed by atoms with Crippen LogP contribution in [0.15, 0.2) is 67.1 Å². The lowest BCUT2D eigenvalue weighted by Gasteiger charge is -2.43. The van der Waals surface area contributed by atoms with Crippen molar-refractivity contribution in [2.45, 2.75) is 109 Å². The molecule has 3 aromatic rings. The van der Waals surface area contributed by atoms with Crippen LogP contribution in [0.2, 0.25) is 23.3 Å². The minimum absolute atomic E-state index is 0.0366. The summed E-state index contributed by atoms with van der Waals surface area (Å²) in [5, 5.41) is 0.374. The van der Waals surface area contributed by atoms with Gasteiger partial charge in [0, 0.05) is 49.4 Å². The number of benzene rings is 1. The van der Waals surface area contributed by atoms with Gasteiger partial charge in [0.15, 0.2) is 8.32 Å². The van der Waals surface area contributed by atoms with Gasteiger partial charge in [-0.1, -0.05) is 56.6 Å². The smallest absolute Gasteiger partial charge is 0.410 e. The first-order chi connectivity index (χ1) is 21.4. The normalized spacial score (nSPS) is 17.9. The van der Waals surface area contributed by atoms with Gasteiger partial charge in [-0.3, -0.25) is 14.7 Å². The maximum Gasteiger partial charge on any atom is 0.410 e. The van der Waals surface area contributed by atoms with Gasteiger partial charge >= 0.3 is 6.09 Å². The van der Waals surface area contributed by atoms with Gasteiger partial charge in [0.25, 0.3) is 5.91 Å². The Bertz CT molecular complexity index is 1470. The fourth-order valence-corrected chi connectivity index (χ4v) is 6.93. The lowest BCUT2D eigenvalue weighted by atomic mass is 10.0. The molecule has 10 heteroatoms. The van der Waals surface area contributed by atoms with E-state index in [9.17, 15) is 9.59 Å². The van der Waals surface area contributed by atoms with Gasteiger partial charge < -0.3 is 14.1 Å². The van der Waals surface area contributed by atoms with Crippen molar-refractivity contribution >= 4 is 31.9 Å². The van der Waals surface area contributed by atoms with E-state index in [1.54, 1.807) is 36.6 Å². The van der Waals surface area contributed by atoms with E-state index in [2.05, 4.69) is 43.8 Å².